The molecule has 2 aliphatic heterocycles. The lowest BCUT2D eigenvalue weighted by Gasteiger charge is -2.27. The van der Waals surface area contributed by atoms with Crippen LogP contribution in [0.2, 0.25) is 0 Å². The Morgan fingerprint density at radius 3 is 2.11 bits per heavy atom. The van der Waals surface area contributed by atoms with Crippen molar-refractivity contribution in [3.05, 3.63) is 29.8 Å². The zero-order valence-corrected chi connectivity index (χ0v) is 17.4. The Labute approximate surface area is 168 Å². The van der Waals surface area contributed by atoms with Crippen LogP contribution in [0.15, 0.2) is 29.2 Å². The summed E-state index contributed by atoms with van der Waals surface area (Å²) in [5.74, 6) is 0.174. The molecular formula is C19H30ClN3O3S. The maximum atomic E-state index is 12.8. The van der Waals surface area contributed by atoms with Gasteiger partial charge >= 0.3 is 0 Å². The summed E-state index contributed by atoms with van der Waals surface area (Å²) in [5.41, 5.74) is 1.00. The van der Waals surface area contributed by atoms with Crippen LogP contribution < -0.4 is 5.32 Å². The first-order valence-electron chi connectivity index (χ1n) is 9.65. The van der Waals surface area contributed by atoms with Gasteiger partial charge in [0.15, 0.2) is 0 Å². The van der Waals surface area contributed by atoms with Crippen LogP contribution in [0.1, 0.15) is 37.7 Å². The van der Waals surface area contributed by atoms with Crippen molar-refractivity contribution in [2.75, 3.05) is 39.3 Å². The lowest BCUT2D eigenvalue weighted by Crippen LogP contribution is -2.46. The number of sulfonamides is 1. The van der Waals surface area contributed by atoms with Crippen molar-refractivity contribution >= 4 is 28.3 Å². The molecule has 152 valence electrons. The van der Waals surface area contributed by atoms with Gasteiger partial charge in [-0.3, -0.25) is 4.79 Å². The molecule has 0 saturated carbocycles. The second kappa shape index (κ2) is 10.4. The Hall–Kier alpha value is -1.15. The van der Waals surface area contributed by atoms with Crippen molar-refractivity contribution in [2.45, 2.75) is 43.4 Å². The van der Waals surface area contributed by atoms with Crippen molar-refractivity contribution in [3.63, 3.8) is 0 Å². The molecule has 1 amide bonds. The summed E-state index contributed by atoms with van der Waals surface area (Å²) in [6.45, 7) is 4.48. The molecule has 2 aliphatic rings. The summed E-state index contributed by atoms with van der Waals surface area (Å²) in [5, 5.41) is 3.24. The van der Waals surface area contributed by atoms with Gasteiger partial charge in [-0.2, -0.15) is 4.31 Å². The number of carbonyl (C=O) groups is 1. The van der Waals surface area contributed by atoms with E-state index < -0.39 is 10.0 Å². The molecule has 0 atom stereocenters. The Morgan fingerprint density at radius 1 is 0.926 bits per heavy atom. The van der Waals surface area contributed by atoms with Crippen molar-refractivity contribution < 1.29 is 13.2 Å². The average molecular weight is 416 g/mol. The second-order valence-corrected chi connectivity index (χ2v) is 9.03. The number of nitrogens with zero attached hydrogens (tertiary/aromatic N) is 2. The van der Waals surface area contributed by atoms with Crippen LogP contribution in [0.25, 0.3) is 0 Å². The van der Waals surface area contributed by atoms with Gasteiger partial charge in [0.25, 0.3) is 0 Å². The first-order valence-corrected chi connectivity index (χ1v) is 11.1. The first-order chi connectivity index (χ1) is 12.6. The van der Waals surface area contributed by atoms with Gasteiger partial charge in [-0.1, -0.05) is 25.0 Å². The number of amides is 1. The van der Waals surface area contributed by atoms with Crippen LogP contribution >= 0.6 is 12.4 Å². The van der Waals surface area contributed by atoms with Crippen LogP contribution in [0.4, 0.5) is 0 Å². The van der Waals surface area contributed by atoms with Gasteiger partial charge in [-0.15, -0.1) is 12.4 Å². The highest BCUT2D eigenvalue weighted by atomic mass is 35.5. The molecule has 0 radical (unpaired) electrons. The van der Waals surface area contributed by atoms with E-state index in [1.165, 1.54) is 0 Å². The van der Waals surface area contributed by atoms with Crippen molar-refractivity contribution in [3.8, 4) is 0 Å². The number of carbonyl (C=O) groups excluding carboxylic acids is 1. The lowest BCUT2D eigenvalue weighted by atomic mass is 10.1. The maximum absolute atomic E-state index is 12.8. The number of benzene rings is 1. The van der Waals surface area contributed by atoms with E-state index in [1.54, 1.807) is 16.4 Å². The monoisotopic (exact) mass is 415 g/mol. The number of hydrogen-bond acceptors (Lipinski definition) is 4. The highest BCUT2D eigenvalue weighted by molar-refractivity contribution is 7.89. The van der Waals surface area contributed by atoms with Crippen molar-refractivity contribution in [1.29, 1.82) is 0 Å². The average Bonchev–Trinajstić information content (AvgIpc) is 2.97. The summed E-state index contributed by atoms with van der Waals surface area (Å²) in [6, 6.07) is 7.06. The van der Waals surface area contributed by atoms with E-state index in [0.717, 1.165) is 57.4 Å². The third-order valence-electron chi connectivity index (χ3n) is 5.22. The molecular weight excluding hydrogens is 386 g/mol. The fourth-order valence-electron chi connectivity index (χ4n) is 3.58. The fourth-order valence-corrected chi connectivity index (χ4v) is 5.10. The minimum Gasteiger partial charge on any atom is -0.340 e. The molecule has 3 rings (SSSR count). The molecule has 0 spiro atoms. The molecule has 1 aromatic carbocycles. The van der Waals surface area contributed by atoms with E-state index in [9.17, 15) is 13.2 Å². The van der Waals surface area contributed by atoms with Crippen molar-refractivity contribution in [1.82, 2.24) is 14.5 Å². The van der Waals surface area contributed by atoms with Gasteiger partial charge in [-0.05, 0) is 37.0 Å². The Kier molecular flexibility index (Phi) is 8.54. The van der Waals surface area contributed by atoms with Crippen molar-refractivity contribution in [2.24, 2.45) is 0 Å². The lowest BCUT2D eigenvalue weighted by molar-refractivity contribution is -0.131. The number of piperazine rings is 1. The van der Waals surface area contributed by atoms with Crippen LogP contribution in [0, 0.1) is 0 Å². The van der Waals surface area contributed by atoms with Crippen LogP contribution in [0.5, 0.6) is 0 Å². The highest BCUT2D eigenvalue weighted by Gasteiger charge is 2.25. The molecule has 0 bridgehead atoms. The van der Waals surface area contributed by atoms with Gasteiger partial charge in [0.05, 0.1) is 4.90 Å². The van der Waals surface area contributed by atoms with Gasteiger partial charge in [0, 0.05) is 45.7 Å². The minimum absolute atomic E-state index is 0. The van der Waals surface area contributed by atoms with E-state index in [2.05, 4.69) is 5.32 Å². The number of nitrogens with one attached hydrogen (secondary N) is 1. The topological polar surface area (TPSA) is 69.7 Å². The van der Waals surface area contributed by atoms with Crippen LogP contribution in [0.3, 0.4) is 0 Å². The Bertz CT molecular complexity index is 695. The summed E-state index contributed by atoms with van der Waals surface area (Å²) in [7, 11) is -3.40. The van der Waals surface area contributed by atoms with E-state index in [0.29, 0.717) is 30.8 Å². The molecule has 1 N–H and O–H groups in total. The molecule has 6 nitrogen and oxygen atoms in total. The smallest absolute Gasteiger partial charge is 0.243 e. The zero-order chi connectivity index (χ0) is 18.4. The van der Waals surface area contributed by atoms with Crippen LogP contribution in [-0.2, 0) is 21.2 Å². The largest absolute Gasteiger partial charge is 0.340 e. The normalized spacial score (nSPS) is 19.2. The first kappa shape index (κ1) is 22.1. The number of aryl methyl sites for hydroxylation is 1. The quantitative estimate of drug-likeness (QED) is 0.798. The summed E-state index contributed by atoms with van der Waals surface area (Å²) < 4.78 is 27.2. The molecule has 8 heteroatoms. The van der Waals surface area contributed by atoms with Crippen LogP contribution in [-0.4, -0.2) is 62.8 Å². The van der Waals surface area contributed by atoms with Gasteiger partial charge in [0.1, 0.15) is 0 Å². The molecule has 0 aliphatic carbocycles. The molecule has 1 aromatic rings. The summed E-state index contributed by atoms with van der Waals surface area (Å²) in [4.78, 5) is 14.5. The summed E-state index contributed by atoms with van der Waals surface area (Å²) in [6.07, 6.45) is 5.19. The number of hydrogen-bond donors (Lipinski definition) is 1. The Morgan fingerprint density at radius 2 is 1.52 bits per heavy atom. The fraction of sp³-hybridized carbons (Fsp3) is 0.632. The second-order valence-electron chi connectivity index (χ2n) is 7.09. The predicted molar refractivity (Wildman–Crippen MR) is 109 cm³/mol. The Balaban J connectivity index is 0.00000261. The van der Waals surface area contributed by atoms with E-state index >= 15 is 0 Å². The molecule has 2 saturated heterocycles. The van der Waals surface area contributed by atoms with Gasteiger partial charge in [-0.25, -0.2) is 8.42 Å². The third-order valence-corrected chi connectivity index (χ3v) is 7.14. The predicted octanol–water partition coefficient (Wildman–Crippen LogP) is 2.04. The summed E-state index contributed by atoms with van der Waals surface area (Å²) >= 11 is 0. The number of halogens is 1. The van der Waals surface area contributed by atoms with E-state index in [-0.39, 0.29) is 18.3 Å². The molecule has 0 aromatic heterocycles. The molecule has 2 fully saturated rings. The van der Waals surface area contributed by atoms with E-state index in [1.807, 2.05) is 17.0 Å². The molecule has 27 heavy (non-hydrogen) atoms. The van der Waals surface area contributed by atoms with Gasteiger partial charge in [0.2, 0.25) is 15.9 Å². The zero-order valence-electron chi connectivity index (χ0n) is 15.7. The number of rotatable bonds is 5. The molecule has 2 heterocycles. The third kappa shape index (κ3) is 5.91. The molecule has 0 unspecified atom stereocenters. The maximum Gasteiger partial charge on any atom is 0.243 e. The van der Waals surface area contributed by atoms with E-state index in [4.69, 9.17) is 0 Å². The standard InChI is InChI=1S/C19H29N3O3S.ClH/c23-19(21-15-11-20-12-16-21)10-7-17-5-8-18(9-6-17)26(24,25)22-13-3-1-2-4-14-22;/h5-6,8-9,20H,1-4,7,10-16H2;1H. The minimum atomic E-state index is -3.40. The highest BCUT2D eigenvalue weighted by Crippen LogP contribution is 2.21. The SMILES string of the molecule is Cl.O=C(CCc1ccc(S(=O)(=O)N2CCCCCC2)cc1)N1CCNCC1. The van der Waals surface area contributed by atoms with Gasteiger partial charge < -0.3 is 10.2 Å².